The molecule has 0 saturated heterocycles. The van der Waals surface area contributed by atoms with Crippen LogP contribution in [0.2, 0.25) is 0 Å². The Balaban J connectivity index is 1.85. The summed E-state index contributed by atoms with van der Waals surface area (Å²) in [7, 11) is -3.45. The van der Waals surface area contributed by atoms with E-state index in [0.29, 0.717) is 10.6 Å². The molecule has 1 aliphatic rings. The number of sulfonamides is 1. The van der Waals surface area contributed by atoms with E-state index in [1.165, 1.54) is 0 Å². The molecule has 0 bridgehead atoms. The topological polar surface area (TPSA) is 58.2 Å². The number of nitrogens with one attached hydrogen (secondary N) is 2. The van der Waals surface area contributed by atoms with Crippen molar-refractivity contribution in [2.24, 2.45) is 0 Å². The molecule has 6 heteroatoms. The highest BCUT2D eigenvalue weighted by Crippen LogP contribution is 2.28. The second kappa shape index (κ2) is 5.79. The minimum Gasteiger partial charge on any atom is -0.377 e. The first-order chi connectivity index (χ1) is 10.1. The maximum absolute atomic E-state index is 12.4. The number of para-hydroxylation sites is 1. The van der Waals surface area contributed by atoms with Crippen molar-refractivity contribution in [2.75, 3.05) is 5.32 Å². The summed E-state index contributed by atoms with van der Waals surface area (Å²) in [4.78, 5) is 0.318. The van der Waals surface area contributed by atoms with Crippen molar-refractivity contribution in [1.29, 1.82) is 0 Å². The van der Waals surface area contributed by atoms with Gasteiger partial charge in [0.05, 0.1) is 5.69 Å². The lowest BCUT2D eigenvalue weighted by Gasteiger charge is -2.17. The molecule has 0 radical (unpaired) electrons. The van der Waals surface area contributed by atoms with Crippen LogP contribution in [-0.4, -0.2) is 14.5 Å². The molecule has 2 aromatic rings. The third-order valence-electron chi connectivity index (χ3n) is 3.49. The Morgan fingerprint density at radius 2 is 2.00 bits per heavy atom. The molecule has 4 nitrogen and oxygen atoms in total. The highest BCUT2D eigenvalue weighted by molar-refractivity contribution is 7.89. The van der Waals surface area contributed by atoms with Gasteiger partial charge < -0.3 is 5.32 Å². The Hall–Kier alpha value is -1.37. The molecule has 1 fully saturated rings. The predicted molar refractivity (Wildman–Crippen MR) is 86.1 cm³/mol. The summed E-state index contributed by atoms with van der Waals surface area (Å²) in [6.07, 6.45) is 1.86. The molecule has 0 aliphatic heterocycles. The van der Waals surface area contributed by atoms with Gasteiger partial charge >= 0.3 is 0 Å². The van der Waals surface area contributed by atoms with Crippen LogP contribution in [0.25, 0.3) is 0 Å². The molecule has 1 atom stereocenters. The molecule has 1 aromatic heterocycles. The first-order valence-corrected chi connectivity index (χ1v) is 9.39. The first kappa shape index (κ1) is 14.6. The average molecular weight is 322 g/mol. The molecular formula is C15H18N2O2S2. The van der Waals surface area contributed by atoms with Crippen LogP contribution in [-0.2, 0) is 10.0 Å². The van der Waals surface area contributed by atoms with E-state index in [0.717, 1.165) is 18.4 Å². The summed E-state index contributed by atoms with van der Waals surface area (Å²) in [5.41, 5.74) is 1.80. The monoisotopic (exact) mass is 322 g/mol. The number of thiophene rings is 1. The van der Waals surface area contributed by atoms with Crippen molar-refractivity contribution < 1.29 is 8.42 Å². The number of rotatable bonds is 6. The summed E-state index contributed by atoms with van der Waals surface area (Å²) in [5.74, 6) is 0. The third kappa shape index (κ3) is 3.45. The minimum absolute atomic E-state index is 0.0634. The average Bonchev–Trinajstić information content (AvgIpc) is 3.08. The maximum atomic E-state index is 12.4. The second-order valence-electron chi connectivity index (χ2n) is 5.31. The zero-order valence-electron chi connectivity index (χ0n) is 11.7. The van der Waals surface area contributed by atoms with Gasteiger partial charge in [-0.25, -0.2) is 13.1 Å². The Morgan fingerprint density at radius 3 is 2.67 bits per heavy atom. The van der Waals surface area contributed by atoms with Gasteiger partial charge in [0.15, 0.2) is 0 Å². The Labute approximate surface area is 129 Å². The van der Waals surface area contributed by atoms with E-state index in [1.54, 1.807) is 23.5 Å². The Kier molecular flexibility index (Phi) is 4.01. The molecule has 3 rings (SSSR count). The highest BCUT2D eigenvalue weighted by Gasteiger charge is 2.29. The maximum Gasteiger partial charge on any atom is 0.242 e. The molecular weight excluding hydrogens is 304 g/mol. The smallest absolute Gasteiger partial charge is 0.242 e. The number of anilines is 1. The van der Waals surface area contributed by atoms with Gasteiger partial charge in [-0.05, 0) is 54.3 Å². The third-order valence-corrected chi connectivity index (χ3v) is 5.77. The van der Waals surface area contributed by atoms with Crippen molar-refractivity contribution in [1.82, 2.24) is 4.72 Å². The molecule has 1 aliphatic carbocycles. The quantitative estimate of drug-likeness (QED) is 0.857. The number of hydrogen-bond acceptors (Lipinski definition) is 4. The Bertz CT molecular complexity index is 707. The number of hydrogen-bond donors (Lipinski definition) is 2. The fraction of sp³-hybridized carbons (Fsp3) is 0.333. The van der Waals surface area contributed by atoms with Gasteiger partial charge in [-0.1, -0.05) is 12.1 Å². The lowest BCUT2D eigenvalue weighted by atomic mass is 10.1. The largest absolute Gasteiger partial charge is 0.377 e. The molecule has 1 unspecified atom stereocenters. The lowest BCUT2D eigenvalue weighted by Crippen LogP contribution is -2.26. The van der Waals surface area contributed by atoms with Crippen LogP contribution in [0.5, 0.6) is 0 Å². The first-order valence-electron chi connectivity index (χ1n) is 6.96. The van der Waals surface area contributed by atoms with Crippen LogP contribution >= 0.6 is 11.3 Å². The standard InChI is InChI=1S/C15H18N2O2S2/c1-11(12-8-9-20-10-12)16-14-4-2-3-5-15(14)21(18,19)17-13-6-7-13/h2-5,8-11,13,16-17H,6-7H2,1H3. The summed E-state index contributed by atoms with van der Waals surface area (Å²) in [5, 5.41) is 7.39. The summed E-state index contributed by atoms with van der Waals surface area (Å²) < 4.78 is 27.6. The van der Waals surface area contributed by atoms with E-state index in [-0.39, 0.29) is 12.1 Å². The van der Waals surface area contributed by atoms with Crippen molar-refractivity contribution in [2.45, 2.75) is 36.7 Å². The molecule has 0 spiro atoms. The summed E-state index contributed by atoms with van der Waals surface area (Å²) >= 11 is 1.63. The van der Waals surface area contributed by atoms with Gasteiger partial charge in [-0.3, -0.25) is 0 Å². The molecule has 21 heavy (non-hydrogen) atoms. The fourth-order valence-electron chi connectivity index (χ4n) is 2.14. The predicted octanol–water partition coefficient (Wildman–Crippen LogP) is 3.36. The second-order valence-corrected chi connectivity index (χ2v) is 7.78. The summed E-state index contributed by atoms with van der Waals surface area (Å²) in [6, 6.07) is 9.27. The van der Waals surface area contributed by atoms with Gasteiger partial charge in [0, 0.05) is 12.1 Å². The van der Waals surface area contributed by atoms with E-state index in [1.807, 2.05) is 30.5 Å². The van der Waals surface area contributed by atoms with Crippen molar-refractivity contribution in [3.63, 3.8) is 0 Å². The van der Waals surface area contributed by atoms with Crippen LogP contribution < -0.4 is 10.0 Å². The van der Waals surface area contributed by atoms with Crippen LogP contribution in [0.1, 0.15) is 31.4 Å². The van der Waals surface area contributed by atoms with Crippen molar-refractivity contribution in [3.8, 4) is 0 Å². The Morgan fingerprint density at radius 1 is 1.24 bits per heavy atom. The van der Waals surface area contributed by atoms with E-state index in [2.05, 4.69) is 15.4 Å². The van der Waals surface area contributed by atoms with Gasteiger partial charge in [0.25, 0.3) is 0 Å². The van der Waals surface area contributed by atoms with Gasteiger partial charge in [0.2, 0.25) is 10.0 Å². The van der Waals surface area contributed by atoms with E-state index in [4.69, 9.17) is 0 Å². The van der Waals surface area contributed by atoms with Gasteiger partial charge in [0.1, 0.15) is 4.90 Å². The molecule has 1 saturated carbocycles. The highest BCUT2D eigenvalue weighted by atomic mass is 32.2. The molecule has 1 heterocycles. The SMILES string of the molecule is CC(Nc1ccccc1S(=O)(=O)NC1CC1)c1ccsc1. The van der Waals surface area contributed by atoms with E-state index < -0.39 is 10.0 Å². The van der Waals surface area contributed by atoms with Crippen LogP contribution in [0.4, 0.5) is 5.69 Å². The normalized spacial score (nSPS) is 16.6. The summed E-state index contributed by atoms with van der Waals surface area (Å²) in [6.45, 7) is 2.03. The zero-order valence-corrected chi connectivity index (χ0v) is 13.4. The van der Waals surface area contributed by atoms with Crippen LogP contribution in [0.3, 0.4) is 0 Å². The number of benzene rings is 1. The van der Waals surface area contributed by atoms with Crippen molar-refractivity contribution >= 4 is 27.0 Å². The van der Waals surface area contributed by atoms with E-state index >= 15 is 0 Å². The van der Waals surface area contributed by atoms with Crippen molar-refractivity contribution in [3.05, 3.63) is 46.7 Å². The van der Waals surface area contributed by atoms with Gasteiger partial charge in [-0.15, -0.1) is 0 Å². The van der Waals surface area contributed by atoms with Crippen LogP contribution in [0.15, 0.2) is 46.0 Å². The molecule has 1 aromatic carbocycles. The van der Waals surface area contributed by atoms with Gasteiger partial charge in [-0.2, -0.15) is 11.3 Å². The fourth-order valence-corrected chi connectivity index (χ4v) is 4.37. The lowest BCUT2D eigenvalue weighted by molar-refractivity contribution is 0.581. The minimum atomic E-state index is -3.45. The molecule has 112 valence electrons. The molecule has 2 N–H and O–H groups in total. The molecule has 0 amide bonds. The van der Waals surface area contributed by atoms with Crippen LogP contribution in [0, 0.1) is 0 Å². The zero-order chi connectivity index (χ0) is 14.9. The van der Waals surface area contributed by atoms with E-state index in [9.17, 15) is 8.42 Å².